The lowest BCUT2D eigenvalue weighted by Crippen LogP contribution is -2.04. The Morgan fingerprint density at radius 1 is 0.906 bits per heavy atom. The smallest absolute Gasteiger partial charge is 0.269 e. The van der Waals surface area contributed by atoms with E-state index in [0.717, 1.165) is 58.1 Å². The van der Waals surface area contributed by atoms with Crippen LogP contribution in [0.1, 0.15) is 11.1 Å². The predicted octanol–water partition coefficient (Wildman–Crippen LogP) is 5.23. The van der Waals surface area contributed by atoms with Crippen LogP contribution >= 0.6 is 0 Å². The van der Waals surface area contributed by atoms with Crippen molar-refractivity contribution in [1.29, 1.82) is 0 Å². The zero-order chi connectivity index (χ0) is 22.2. The molecule has 0 saturated heterocycles. The lowest BCUT2D eigenvalue weighted by atomic mass is 9.87. The molecule has 0 aliphatic heterocycles. The molecule has 0 bridgehead atoms. The fourth-order valence-corrected chi connectivity index (χ4v) is 4.25. The summed E-state index contributed by atoms with van der Waals surface area (Å²) in [5.74, 6) is 1.61. The molecule has 0 fully saturated rings. The number of non-ortho nitro benzene ring substituents is 1. The van der Waals surface area contributed by atoms with Gasteiger partial charge in [-0.25, -0.2) is 4.68 Å². The van der Waals surface area contributed by atoms with Crippen molar-refractivity contribution in [2.24, 2.45) is 0 Å². The Balaban J connectivity index is 1.71. The quantitative estimate of drug-likeness (QED) is 0.322. The SMILES string of the molecule is COc1ccc(-c2c3c(nn2-c2ccc([N+](=O)[O-])cc2)-c2ccc(OC)cc2CC3)cc1. The normalized spacial score (nSPS) is 12.1. The largest absolute Gasteiger partial charge is 0.497 e. The Bertz CT molecular complexity index is 1310. The maximum absolute atomic E-state index is 11.1. The highest BCUT2D eigenvalue weighted by Gasteiger charge is 2.26. The maximum Gasteiger partial charge on any atom is 0.269 e. The van der Waals surface area contributed by atoms with Gasteiger partial charge in [0.1, 0.15) is 11.5 Å². The van der Waals surface area contributed by atoms with Gasteiger partial charge in [0.05, 0.1) is 36.2 Å². The van der Waals surface area contributed by atoms with Gasteiger partial charge in [-0.3, -0.25) is 10.1 Å². The lowest BCUT2D eigenvalue weighted by molar-refractivity contribution is -0.384. The van der Waals surface area contributed by atoms with Crippen molar-refractivity contribution in [3.8, 4) is 39.7 Å². The molecule has 1 aromatic heterocycles. The molecule has 0 amide bonds. The number of ether oxygens (including phenoxy) is 2. The highest BCUT2D eigenvalue weighted by atomic mass is 16.6. The van der Waals surface area contributed by atoms with Gasteiger partial charge in [0, 0.05) is 28.8 Å². The van der Waals surface area contributed by atoms with E-state index in [0.29, 0.717) is 0 Å². The molecule has 1 heterocycles. The summed E-state index contributed by atoms with van der Waals surface area (Å²) in [5.41, 5.74) is 7.19. The molecule has 0 atom stereocenters. The Morgan fingerprint density at radius 3 is 2.25 bits per heavy atom. The molecule has 7 heteroatoms. The van der Waals surface area contributed by atoms with Crippen molar-refractivity contribution in [3.63, 3.8) is 0 Å². The molecule has 1 aliphatic carbocycles. The van der Waals surface area contributed by atoms with E-state index in [1.807, 2.05) is 35.0 Å². The molecule has 7 nitrogen and oxygen atoms in total. The van der Waals surface area contributed by atoms with E-state index in [-0.39, 0.29) is 5.69 Å². The molecule has 4 aromatic rings. The Morgan fingerprint density at radius 2 is 1.59 bits per heavy atom. The van der Waals surface area contributed by atoms with Gasteiger partial charge in [0.15, 0.2) is 0 Å². The molecule has 0 unspecified atom stereocenters. The molecule has 0 radical (unpaired) electrons. The van der Waals surface area contributed by atoms with Crippen LogP contribution < -0.4 is 9.47 Å². The van der Waals surface area contributed by atoms with Crippen molar-refractivity contribution >= 4 is 5.69 Å². The van der Waals surface area contributed by atoms with Crippen molar-refractivity contribution in [3.05, 3.63) is 88.0 Å². The van der Waals surface area contributed by atoms with Gasteiger partial charge < -0.3 is 9.47 Å². The van der Waals surface area contributed by atoms with E-state index in [4.69, 9.17) is 14.6 Å². The van der Waals surface area contributed by atoms with Crippen LogP contribution in [0, 0.1) is 10.1 Å². The zero-order valence-electron chi connectivity index (χ0n) is 17.7. The van der Waals surface area contributed by atoms with Crippen molar-refractivity contribution in [1.82, 2.24) is 9.78 Å². The van der Waals surface area contributed by atoms with Gasteiger partial charge in [-0.05, 0) is 73.0 Å². The number of hydrogen-bond acceptors (Lipinski definition) is 5. The third kappa shape index (κ3) is 3.28. The van der Waals surface area contributed by atoms with E-state index >= 15 is 0 Å². The average molecular weight is 427 g/mol. The van der Waals surface area contributed by atoms with Crippen molar-refractivity contribution < 1.29 is 14.4 Å². The van der Waals surface area contributed by atoms with Crippen molar-refractivity contribution in [2.75, 3.05) is 14.2 Å². The highest BCUT2D eigenvalue weighted by Crippen LogP contribution is 2.41. The van der Waals surface area contributed by atoms with Crippen LogP contribution in [0.15, 0.2) is 66.7 Å². The standard InChI is InChI=1S/C25H21N3O4/c1-31-20-10-3-16(4-11-20)25-23-13-5-17-15-21(32-2)12-14-22(17)24(23)26-27(25)18-6-8-19(9-7-18)28(29)30/h3-4,6-12,14-15H,5,13H2,1-2H3. The number of fused-ring (bicyclic) bond motifs is 3. The van der Waals surface area contributed by atoms with Crippen LogP contribution in [-0.4, -0.2) is 28.9 Å². The predicted molar refractivity (Wildman–Crippen MR) is 122 cm³/mol. The fourth-order valence-electron chi connectivity index (χ4n) is 4.25. The number of nitro groups is 1. The number of benzene rings is 3. The minimum absolute atomic E-state index is 0.0501. The maximum atomic E-state index is 11.1. The topological polar surface area (TPSA) is 79.4 Å². The Labute approximate surface area is 185 Å². The second kappa shape index (κ2) is 7.85. The third-order valence-electron chi connectivity index (χ3n) is 5.86. The first-order chi connectivity index (χ1) is 15.6. The summed E-state index contributed by atoms with van der Waals surface area (Å²) < 4.78 is 12.6. The Kier molecular flexibility index (Phi) is 4.86. The van der Waals surface area contributed by atoms with Gasteiger partial charge in [-0.1, -0.05) is 0 Å². The lowest BCUT2D eigenvalue weighted by Gasteiger charge is -2.17. The summed E-state index contributed by atoms with van der Waals surface area (Å²) in [4.78, 5) is 10.7. The first kappa shape index (κ1) is 19.8. The van der Waals surface area contributed by atoms with E-state index in [1.165, 1.54) is 17.7 Å². The second-order valence-electron chi connectivity index (χ2n) is 7.61. The molecule has 0 N–H and O–H groups in total. The molecule has 5 rings (SSSR count). The number of nitro benzene ring substituents is 1. The fraction of sp³-hybridized carbons (Fsp3) is 0.160. The number of nitrogens with zero attached hydrogens (tertiary/aromatic N) is 3. The number of aromatic nitrogens is 2. The van der Waals surface area contributed by atoms with Gasteiger partial charge in [0.2, 0.25) is 0 Å². The van der Waals surface area contributed by atoms with Crippen LogP contribution in [0.5, 0.6) is 11.5 Å². The number of hydrogen-bond donors (Lipinski definition) is 0. The molecule has 160 valence electrons. The van der Waals surface area contributed by atoms with Gasteiger partial charge in [-0.2, -0.15) is 5.10 Å². The van der Waals surface area contributed by atoms with Crippen molar-refractivity contribution in [2.45, 2.75) is 12.8 Å². The molecular weight excluding hydrogens is 406 g/mol. The molecular formula is C25H21N3O4. The molecule has 3 aromatic carbocycles. The first-order valence-electron chi connectivity index (χ1n) is 10.3. The van der Waals surface area contributed by atoms with Crippen LogP contribution in [0.2, 0.25) is 0 Å². The van der Waals surface area contributed by atoms with Gasteiger partial charge in [0.25, 0.3) is 5.69 Å². The number of methoxy groups -OCH3 is 2. The van der Waals surface area contributed by atoms with Crippen LogP contribution in [0.4, 0.5) is 5.69 Å². The van der Waals surface area contributed by atoms with E-state index in [9.17, 15) is 10.1 Å². The van der Waals surface area contributed by atoms with Gasteiger partial charge in [-0.15, -0.1) is 0 Å². The third-order valence-corrected chi connectivity index (χ3v) is 5.86. The highest BCUT2D eigenvalue weighted by molar-refractivity contribution is 5.80. The van der Waals surface area contributed by atoms with E-state index < -0.39 is 4.92 Å². The number of aryl methyl sites for hydroxylation is 1. The van der Waals surface area contributed by atoms with Crippen LogP contribution in [0.25, 0.3) is 28.2 Å². The summed E-state index contributed by atoms with van der Waals surface area (Å²) in [5, 5.41) is 16.1. The summed E-state index contributed by atoms with van der Waals surface area (Å²) in [6.45, 7) is 0. The summed E-state index contributed by atoms with van der Waals surface area (Å²) >= 11 is 0. The van der Waals surface area contributed by atoms with Gasteiger partial charge >= 0.3 is 0 Å². The minimum Gasteiger partial charge on any atom is -0.497 e. The summed E-state index contributed by atoms with van der Waals surface area (Å²) in [6, 6.07) is 20.4. The number of rotatable bonds is 5. The van der Waals surface area contributed by atoms with Crippen LogP contribution in [0.3, 0.4) is 0 Å². The first-order valence-corrected chi connectivity index (χ1v) is 10.3. The molecule has 0 spiro atoms. The minimum atomic E-state index is -0.397. The second-order valence-corrected chi connectivity index (χ2v) is 7.61. The zero-order valence-corrected chi connectivity index (χ0v) is 17.7. The molecule has 0 saturated carbocycles. The monoisotopic (exact) mass is 427 g/mol. The Hall–Kier alpha value is -4.13. The summed E-state index contributed by atoms with van der Waals surface area (Å²) in [6.07, 6.45) is 1.72. The molecule has 32 heavy (non-hydrogen) atoms. The van der Waals surface area contributed by atoms with E-state index in [1.54, 1.807) is 26.4 Å². The van der Waals surface area contributed by atoms with E-state index in [2.05, 4.69) is 12.1 Å². The summed E-state index contributed by atoms with van der Waals surface area (Å²) in [7, 11) is 3.31. The van der Waals surface area contributed by atoms with Crippen LogP contribution in [-0.2, 0) is 12.8 Å². The molecule has 1 aliphatic rings. The average Bonchev–Trinajstić information content (AvgIpc) is 3.23.